The van der Waals surface area contributed by atoms with Crippen molar-refractivity contribution in [2.24, 2.45) is 0 Å². The first kappa shape index (κ1) is 18.7. The average molecular weight is 391 g/mol. The molecule has 2 aromatic heterocycles. The van der Waals surface area contributed by atoms with E-state index in [1.165, 1.54) is 29.7 Å². The number of nitrogens with zero attached hydrogens (tertiary/aromatic N) is 1. The van der Waals surface area contributed by atoms with E-state index in [-0.39, 0.29) is 24.6 Å². The Labute approximate surface area is 157 Å². The summed E-state index contributed by atoms with van der Waals surface area (Å²) in [5.74, 6) is -2.31. The molecule has 0 aliphatic heterocycles. The quantitative estimate of drug-likeness (QED) is 0.647. The van der Waals surface area contributed by atoms with Crippen LogP contribution in [-0.4, -0.2) is 23.3 Å². The lowest BCUT2D eigenvalue weighted by molar-refractivity contribution is -0.116. The molecule has 140 valence electrons. The highest BCUT2D eigenvalue weighted by molar-refractivity contribution is 7.15. The van der Waals surface area contributed by atoms with Crippen LogP contribution in [0.1, 0.15) is 27.4 Å². The van der Waals surface area contributed by atoms with Gasteiger partial charge in [0, 0.05) is 30.5 Å². The molecule has 2 amide bonds. The third kappa shape index (κ3) is 5.20. The maximum Gasteiger partial charge on any atom is 0.286 e. The zero-order valence-corrected chi connectivity index (χ0v) is 14.8. The van der Waals surface area contributed by atoms with Crippen molar-refractivity contribution in [3.8, 4) is 0 Å². The fourth-order valence-corrected chi connectivity index (χ4v) is 3.13. The van der Waals surface area contributed by atoms with Gasteiger partial charge in [-0.05, 0) is 29.8 Å². The largest absolute Gasteiger partial charge is 0.459 e. The molecule has 6 nitrogen and oxygen atoms in total. The number of rotatable bonds is 7. The van der Waals surface area contributed by atoms with Gasteiger partial charge in [-0.3, -0.25) is 9.59 Å². The summed E-state index contributed by atoms with van der Waals surface area (Å²) in [5, 5.41) is 5.61. The number of benzene rings is 1. The maximum atomic E-state index is 13.2. The number of thiazole rings is 1. The molecule has 2 heterocycles. The standard InChI is InChI=1S/C18H15F2N3O3S/c19-13-4-3-11(9-14(13)20)8-12-10-22-18(27-12)23-16(24)5-6-21-17(25)15-2-1-7-26-15/h1-4,7,9-10H,5-6,8H2,(H,21,25)(H,22,23,24). The van der Waals surface area contributed by atoms with Crippen LogP contribution in [0.5, 0.6) is 0 Å². The first-order valence-electron chi connectivity index (χ1n) is 8.01. The Morgan fingerprint density at radius 2 is 2.04 bits per heavy atom. The minimum atomic E-state index is -0.901. The number of hydrogen-bond donors (Lipinski definition) is 2. The first-order chi connectivity index (χ1) is 13.0. The summed E-state index contributed by atoms with van der Waals surface area (Å²) in [6, 6.07) is 6.83. The number of halogens is 2. The van der Waals surface area contributed by atoms with E-state index >= 15 is 0 Å². The second-order valence-electron chi connectivity index (χ2n) is 5.59. The van der Waals surface area contributed by atoms with Crippen LogP contribution in [0.25, 0.3) is 0 Å². The van der Waals surface area contributed by atoms with Crippen LogP contribution in [0.3, 0.4) is 0 Å². The first-order valence-corrected chi connectivity index (χ1v) is 8.83. The van der Waals surface area contributed by atoms with Crippen molar-refractivity contribution in [2.75, 3.05) is 11.9 Å². The van der Waals surface area contributed by atoms with E-state index in [1.54, 1.807) is 12.3 Å². The summed E-state index contributed by atoms with van der Waals surface area (Å²) in [6.45, 7) is 0.151. The van der Waals surface area contributed by atoms with Crippen molar-refractivity contribution in [1.82, 2.24) is 10.3 Å². The van der Waals surface area contributed by atoms with Crippen LogP contribution < -0.4 is 10.6 Å². The van der Waals surface area contributed by atoms with Crippen LogP contribution in [0.4, 0.5) is 13.9 Å². The highest BCUT2D eigenvalue weighted by atomic mass is 32.1. The number of furan rings is 1. The second-order valence-corrected chi connectivity index (χ2v) is 6.70. The van der Waals surface area contributed by atoms with Gasteiger partial charge in [-0.25, -0.2) is 13.8 Å². The molecule has 0 saturated heterocycles. The fourth-order valence-electron chi connectivity index (χ4n) is 2.26. The van der Waals surface area contributed by atoms with E-state index in [0.29, 0.717) is 17.1 Å². The number of amides is 2. The SMILES string of the molecule is O=C(CCNC(=O)c1ccco1)Nc1ncc(Cc2ccc(F)c(F)c2)s1. The molecule has 0 bridgehead atoms. The van der Waals surface area contributed by atoms with Crippen LogP contribution in [0, 0.1) is 11.6 Å². The van der Waals surface area contributed by atoms with E-state index in [9.17, 15) is 18.4 Å². The van der Waals surface area contributed by atoms with E-state index in [2.05, 4.69) is 15.6 Å². The molecule has 0 radical (unpaired) electrons. The molecular weight excluding hydrogens is 376 g/mol. The molecule has 1 aromatic carbocycles. The van der Waals surface area contributed by atoms with Crippen molar-refractivity contribution >= 4 is 28.3 Å². The normalized spacial score (nSPS) is 10.6. The predicted octanol–water partition coefficient (Wildman–Crippen LogP) is 3.36. The molecule has 0 spiro atoms. The number of hydrogen-bond acceptors (Lipinski definition) is 5. The fraction of sp³-hybridized carbons (Fsp3) is 0.167. The van der Waals surface area contributed by atoms with Crippen molar-refractivity contribution in [3.05, 3.63) is 70.6 Å². The van der Waals surface area contributed by atoms with Crippen molar-refractivity contribution < 1.29 is 22.8 Å². The molecule has 0 aliphatic rings. The van der Waals surface area contributed by atoms with Crippen molar-refractivity contribution in [1.29, 1.82) is 0 Å². The molecule has 0 saturated carbocycles. The minimum absolute atomic E-state index is 0.0739. The topological polar surface area (TPSA) is 84.2 Å². The molecular formula is C18H15F2N3O3S. The Morgan fingerprint density at radius 1 is 1.19 bits per heavy atom. The average Bonchev–Trinajstić information content (AvgIpc) is 3.30. The monoisotopic (exact) mass is 391 g/mol. The molecule has 27 heavy (non-hydrogen) atoms. The zero-order chi connectivity index (χ0) is 19.2. The lowest BCUT2D eigenvalue weighted by Crippen LogP contribution is -2.27. The lowest BCUT2D eigenvalue weighted by Gasteiger charge is -2.03. The Morgan fingerprint density at radius 3 is 2.78 bits per heavy atom. The van der Waals surface area contributed by atoms with Crippen LogP contribution in [0.15, 0.2) is 47.2 Å². The molecule has 0 fully saturated rings. The summed E-state index contributed by atoms with van der Waals surface area (Å²) in [6.07, 6.45) is 3.41. The minimum Gasteiger partial charge on any atom is -0.459 e. The van der Waals surface area contributed by atoms with Crippen molar-refractivity contribution in [2.45, 2.75) is 12.8 Å². The summed E-state index contributed by atoms with van der Waals surface area (Å²) in [7, 11) is 0. The van der Waals surface area contributed by atoms with Gasteiger partial charge < -0.3 is 15.1 Å². The number of anilines is 1. The molecule has 3 aromatic rings. The van der Waals surface area contributed by atoms with Gasteiger partial charge in [0.15, 0.2) is 22.5 Å². The van der Waals surface area contributed by atoms with Crippen LogP contribution in [0.2, 0.25) is 0 Å². The lowest BCUT2D eigenvalue weighted by atomic mass is 10.1. The van der Waals surface area contributed by atoms with Gasteiger partial charge >= 0.3 is 0 Å². The van der Waals surface area contributed by atoms with Crippen LogP contribution in [-0.2, 0) is 11.2 Å². The summed E-state index contributed by atoms with van der Waals surface area (Å²) in [4.78, 5) is 28.5. The third-order valence-electron chi connectivity index (χ3n) is 3.54. The summed E-state index contributed by atoms with van der Waals surface area (Å²) in [5.41, 5.74) is 0.607. The molecule has 0 aliphatic carbocycles. The van der Waals surface area contributed by atoms with Gasteiger partial charge in [-0.15, -0.1) is 11.3 Å². The maximum absolute atomic E-state index is 13.2. The number of nitrogens with one attached hydrogen (secondary N) is 2. The zero-order valence-electron chi connectivity index (χ0n) is 14.0. The number of aromatic nitrogens is 1. The Hall–Kier alpha value is -3.07. The molecule has 9 heteroatoms. The third-order valence-corrected chi connectivity index (χ3v) is 4.46. The van der Waals surface area contributed by atoms with E-state index in [1.807, 2.05) is 0 Å². The Balaban J connectivity index is 1.46. The van der Waals surface area contributed by atoms with E-state index < -0.39 is 17.5 Å². The Bertz CT molecular complexity index is 941. The number of carbonyl (C=O) groups is 2. The summed E-state index contributed by atoms with van der Waals surface area (Å²) >= 11 is 1.24. The van der Waals surface area contributed by atoms with Gasteiger partial charge in [-0.2, -0.15) is 0 Å². The molecule has 0 atom stereocenters. The molecule has 2 N–H and O–H groups in total. The highest BCUT2D eigenvalue weighted by Crippen LogP contribution is 2.22. The molecule has 3 rings (SSSR count). The van der Waals surface area contributed by atoms with Gasteiger partial charge in [0.25, 0.3) is 5.91 Å². The highest BCUT2D eigenvalue weighted by Gasteiger charge is 2.11. The van der Waals surface area contributed by atoms with Gasteiger partial charge in [0.05, 0.1) is 6.26 Å². The Kier molecular flexibility index (Phi) is 5.92. The van der Waals surface area contributed by atoms with Crippen LogP contribution >= 0.6 is 11.3 Å². The van der Waals surface area contributed by atoms with E-state index in [4.69, 9.17) is 4.42 Å². The predicted molar refractivity (Wildman–Crippen MR) is 95.6 cm³/mol. The summed E-state index contributed by atoms with van der Waals surface area (Å²) < 4.78 is 31.1. The molecule has 0 unspecified atom stereocenters. The van der Waals surface area contributed by atoms with Gasteiger partial charge in [-0.1, -0.05) is 6.07 Å². The van der Waals surface area contributed by atoms with E-state index in [0.717, 1.165) is 17.0 Å². The van der Waals surface area contributed by atoms with Gasteiger partial charge in [0.1, 0.15) is 0 Å². The van der Waals surface area contributed by atoms with Crippen molar-refractivity contribution in [3.63, 3.8) is 0 Å². The smallest absolute Gasteiger partial charge is 0.286 e. The van der Waals surface area contributed by atoms with Gasteiger partial charge in [0.2, 0.25) is 5.91 Å². The second kappa shape index (κ2) is 8.54. The number of carbonyl (C=O) groups excluding carboxylic acids is 2.